The van der Waals surface area contributed by atoms with Crippen molar-refractivity contribution < 1.29 is 0 Å². The van der Waals surface area contributed by atoms with Gasteiger partial charge in [0, 0.05) is 18.7 Å². The Labute approximate surface area is 94.4 Å². The van der Waals surface area contributed by atoms with E-state index in [0.29, 0.717) is 5.92 Å². The Hall–Kier alpha value is -1.71. The zero-order chi connectivity index (χ0) is 11.0. The van der Waals surface area contributed by atoms with Crippen molar-refractivity contribution in [1.82, 2.24) is 19.7 Å². The van der Waals surface area contributed by atoms with Gasteiger partial charge >= 0.3 is 0 Å². The summed E-state index contributed by atoms with van der Waals surface area (Å²) in [5.41, 5.74) is 0.912. The Balaban J connectivity index is 2.10. The molecule has 0 saturated heterocycles. The van der Waals surface area contributed by atoms with Gasteiger partial charge < -0.3 is 4.57 Å². The van der Waals surface area contributed by atoms with Crippen molar-refractivity contribution in [2.45, 2.75) is 32.2 Å². The molecule has 1 aliphatic heterocycles. The third kappa shape index (κ3) is 1.41. The van der Waals surface area contributed by atoms with Gasteiger partial charge in [-0.1, -0.05) is 13.0 Å². The van der Waals surface area contributed by atoms with Gasteiger partial charge in [-0.05, 0) is 25.0 Å². The van der Waals surface area contributed by atoms with E-state index in [9.17, 15) is 0 Å². The van der Waals surface area contributed by atoms with Crippen LogP contribution in [0, 0.1) is 0 Å². The second-order valence-electron chi connectivity index (χ2n) is 4.29. The molecule has 82 valence electrons. The number of pyridine rings is 1. The first-order chi connectivity index (χ1) is 7.86. The van der Waals surface area contributed by atoms with Gasteiger partial charge in [-0.2, -0.15) is 0 Å². The quantitative estimate of drug-likeness (QED) is 0.731. The van der Waals surface area contributed by atoms with Gasteiger partial charge in [0.25, 0.3) is 0 Å². The molecular formula is C12H14N4. The lowest BCUT2D eigenvalue weighted by molar-refractivity contribution is 0.466. The minimum absolute atomic E-state index is 0.513. The topological polar surface area (TPSA) is 43.6 Å². The van der Waals surface area contributed by atoms with Crippen molar-refractivity contribution in [3.63, 3.8) is 0 Å². The van der Waals surface area contributed by atoms with Crippen molar-refractivity contribution >= 4 is 0 Å². The first-order valence-electron chi connectivity index (χ1n) is 5.71. The van der Waals surface area contributed by atoms with Crippen LogP contribution in [0.1, 0.15) is 31.5 Å². The molecule has 0 amide bonds. The van der Waals surface area contributed by atoms with Gasteiger partial charge in [0.05, 0.1) is 0 Å². The van der Waals surface area contributed by atoms with Crippen LogP contribution in [0.2, 0.25) is 0 Å². The number of rotatable bonds is 1. The van der Waals surface area contributed by atoms with E-state index < -0.39 is 0 Å². The molecule has 0 bridgehead atoms. The van der Waals surface area contributed by atoms with Crippen molar-refractivity contribution in [3.05, 3.63) is 30.2 Å². The molecular weight excluding hydrogens is 200 g/mol. The smallest absolute Gasteiger partial charge is 0.182 e. The van der Waals surface area contributed by atoms with Crippen LogP contribution < -0.4 is 0 Å². The van der Waals surface area contributed by atoms with Gasteiger partial charge in [0.15, 0.2) is 5.82 Å². The monoisotopic (exact) mass is 214 g/mol. The normalized spacial score (nSPS) is 19.4. The molecule has 2 aromatic rings. The lowest BCUT2D eigenvalue weighted by Crippen LogP contribution is -2.14. The number of hydrogen-bond acceptors (Lipinski definition) is 3. The minimum atomic E-state index is 0.513. The summed E-state index contributed by atoms with van der Waals surface area (Å²) in [5.74, 6) is 2.52. The van der Waals surface area contributed by atoms with Crippen LogP contribution in [0.25, 0.3) is 11.5 Å². The molecule has 0 spiro atoms. The Morgan fingerprint density at radius 2 is 2.25 bits per heavy atom. The highest BCUT2D eigenvalue weighted by atomic mass is 15.3. The zero-order valence-corrected chi connectivity index (χ0v) is 9.30. The molecule has 16 heavy (non-hydrogen) atoms. The molecule has 4 heteroatoms. The fraction of sp³-hybridized carbons (Fsp3) is 0.417. The van der Waals surface area contributed by atoms with E-state index in [1.807, 2.05) is 18.2 Å². The summed E-state index contributed by atoms with van der Waals surface area (Å²) < 4.78 is 2.20. The maximum atomic E-state index is 4.33. The molecule has 0 saturated carbocycles. The van der Waals surface area contributed by atoms with Gasteiger partial charge in [0.1, 0.15) is 11.5 Å². The Morgan fingerprint density at radius 3 is 3.06 bits per heavy atom. The highest BCUT2D eigenvalue weighted by Crippen LogP contribution is 2.28. The molecule has 1 unspecified atom stereocenters. The van der Waals surface area contributed by atoms with Crippen LogP contribution in [0.3, 0.4) is 0 Å². The average Bonchev–Trinajstić information content (AvgIpc) is 2.75. The van der Waals surface area contributed by atoms with Crippen LogP contribution in [0.4, 0.5) is 0 Å². The first-order valence-corrected chi connectivity index (χ1v) is 5.71. The first kappa shape index (κ1) is 9.51. The van der Waals surface area contributed by atoms with E-state index in [1.165, 1.54) is 12.8 Å². The molecule has 0 aromatic carbocycles. The van der Waals surface area contributed by atoms with E-state index in [4.69, 9.17) is 0 Å². The molecule has 2 aromatic heterocycles. The fourth-order valence-corrected chi connectivity index (χ4v) is 2.27. The summed E-state index contributed by atoms with van der Waals surface area (Å²) in [4.78, 5) is 4.33. The molecule has 4 nitrogen and oxygen atoms in total. The van der Waals surface area contributed by atoms with Crippen molar-refractivity contribution in [2.24, 2.45) is 0 Å². The number of nitrogens with zero attached hydrogens (tertiary/aromatic N) is 4. The van der Waals surface area contributed by atoms with E-state index in [-0.39, 0.29) is 0 Å². The fourth-order valence-electron chi connectivity index (χ4n) is 2.27. The van der Waals surface area contributed by atoms with E-state index in [1.54, 1.807) is 6.20 Å². The third-order valence-corrected chi connectivity index (χ3v) is 3.13. The van der Waals surface area contributed by atoms with Crippen LogP contribution in [-0.2, 0) is 6.54 Å². The van der Waals surface area contributed by atoms with E-state index in [2.05, 4.69) is 26.7 Å². The van der Waals surface area contributed by atoms with Crippen molar-refractivity contribution in [1.29, 1.82) is 0 Å². The highest BCUT2D eigenvalue weighted by Gasteiger charge is 2.22. The van der Waals surface area contributed by atoms with Gasteiger partial charge in [0.2, 0.25) is 0 Å². The van der Waals surface area contributed by atoms with E-state index >= 15 is 0 Å². The maximum absolute atomic E-state index is 4.33. The predicted molar refractivity (Wildman–Crippen MR) is 60.9 cm³/mol. The van der Waals surface area contributed by atoms with Crippen LogP contribution >= 0.6 is 0 Å². The summed E-state index contributed by atoms with van der Waals surface area (Å²) in [6, 6.07) is 5.88. The number of fused-ring (bicyclic) bond motifs is 1. The molecule has 0 N–H and O–H groups in total. The summed E-state index contributed by atoms with van der Waals surface area (Å²) in [5, 5.41) is 8.56. The Bertz CT molecular complexity index is 489. The second kappa shape index (κ2) is 3.70. The molecule has 1 aliphatic rings. The van der Waals surface area contributed by atoms with Gasteiger partial charge in [-0.15, -0.1) is 10.2 Å². The standard InChI is InChI=1S/C12H14N4/c1-9-5-4-8-16-11(9)14-15-12(16)10-6-2-3-7-13-10/h2-3,6-7,9H,4-5,8H2,1H3. The molecule has 3 heterocycles. The summed E-state index contributed by atoms with van der Waals surface area (Å²) in [6.45, 7) is 3.22. The molecule has 0 radical (unpaired) electrons. The molecule has 0 fully saturated rings. The van der Waals surface area contributed by atoms with Crippen molar-refractivity contribution in [3.8, 4) is 11.5 Å². The molecule has 1 atom stereocenters. The van der Waals surface area contributed by atoms with Gasteiger partial charge in [-0.25, -0.2) is 0 Å². The number of aromatic nitrogens is 4. The van der Waals surface area contributed by atoms with Crippen molar-refractivity contribution in [2.75, 3.05) is 0 Å². The van der Waals surface area contributed by atoms with Gasteiger partial charge in [-0.3, -0.25) is 4.98 Å². The predicted octanol–water partition coefficient (Wildman–Crippen LogP) is 2.24. The summed E-state index contributed by atoms with van der Waals surface area (Å²) in [6.07, 6.45) is 4.20. The largest absolute Gasteiger partial charge is 0.309 e. The lowest BCUT2D eigenvalue weighted by Gasteiger charge is -2.19. The SMILES string of the molecule is CC1CCCn2c(-c3ccccn3)nnc21. The lowest BCUT2D eigenvalue weighted by atomic mass is 10.0. The zero-order valence-electron chi connectivity index (χ0n) is 9.30. The van der Waals surface area contributed by atoms with E-state index in [0.717, 1.165) is 23.9 Å². The van der Waals surface area contributed by atoms with Crippen LogP contribution in [0.5, 0.6) is 0 Å². The highest BCUT2D eigenvalue weighted by molar-refractivity contribution is 5.49. The third-order valence-electron chi connectivity index (χ3n) is 3.13. The molecule has 0 aliphatic carbocycles. The van der Waals surface area contributed by atoms with Crippen LogP contribution in [-0.4, -0.2) is 19.7 Å². The Kier molecular flexibility index (Phi) is 2.20. The summed E-state index contributed by atoms with van der Waals surface area (Å²) >= 11 is 0. The van der Waals surface area contributed by atoms with Crippen LogP contribution in [0.15, 0.2) is 24.4 Å². The average molecular weight is 214 g/mol. The number of hydrogen-bond donors (Lipinski definition) is 0. The second-order valence-corrected chi connectivity index (χ2v) is 4.29. The Morgan fingerprint density at radius 1 is 1.31 bits per heavy atom. The summed E-state index contributed by atoms with van der Waals surface area (Å²) in [7, 11) is 0. The molecule has 3 rings (SSSR count). The minimum Gasteiger partial charge on any atom is -0.309 e. The maximum Gasteiger partial charge on any atom is 0.182 e.